The van der Waals surface area contributed by atoms with Gasteiger partial charge in [-0.15, -0.1) is 0 Å². The number of para-hydroxylation sites is 1. The molecule has 1 aliphatic rings. The van der Waals surface area contributed by atoms with Crippen molar-refractivity contribution in [3.63, 3.8) is 0 Å². The van der Waals surface area contributed by atoms with E-state index in [1.807, 2.05) is 18.3 Å². The summed E-state index contributed by atoms with van der Waals surface area (Å²) in [5.41, 5.74) is 2.41. The Morgan fingerprint density at radius 3 is 2.68 bits per heavy atom. The molecule has 1 saturated heterocycles. The molecule has 102 valence electrons. The molecule has 0 spiro atoms. The van der Waals surface area contributed by atoms with Crippen LogP contribution in [0.4, 0.5) is 8.78 Å². The van der Waals surface area contributed by atoms with Crippen molar-refractivity contribution in [3.8, 4) is 0 Å². The van der Waals surface area contributed by atoms with E-state index in [-0.39, 0.29) is 12.8 Å². The van der Waals surface area contributed by atoms with Gasteiger partial charge in [-0.2, -0.15) is 0 Å². The quantitative estimate of drug-likeness (QED) is 0.899. The fourth-order valence-corrected chi connectivity index (χ4v) is 2.72. The molecule has 0 radical (unpaired) electrons. The zero-order valence-electron chi connectivity index (χ0n) is 10.8. The third-order valence-electron chi connectivity index (χ3n) is 3.96. The maximum atomic E-state index is 13.1. The van der Waals surface area contributed by atoms with Crippen LogP contribution >= 0.6 is 0 Å². The summed E-state index contributed by atoms with van der Waals surface area (Å²) in [5.74, 6) is -2.45. The zero-order chi connectivity index (χ0) is 13.3. The van der Waals surface area contributed by atoms with Crippen LogP contribution in [0.25, 0.3) is 10.9 Å². The number of alkyl halides is 2. The average Bonchev–Trinajstić information content (AvgIpc) is 2.81. The lowest BCUT2D eigenvalue weighted by atomic mass is 10.1. The van der Waals surface area contributed by atoms with Gasteiger partial charge in [-0.05, 0) is 18.1 Å². The molecule has 1 aromatic carbocycles. The molecule has 0 saturated carbocycles. The summed E-state index contributed by atoms with van der Waals surface area (Å²) in [6.07, 6.45) is 2.95. The first-order chi connectivity index (χ1) is 9.14. The number of hydrogen-bond donors (Lipinski definition) is 1. The second-order valence-corrected chi connectivity index (χ2v) is 5.31. The highest BCUT2D eigenvalue weighted by atomic mass is 19.3. The van der Waals surface area contributed by atoms with Gasteiger partial charge in [0.2, 0.25) is 0 Å². The molecule has 1 aliphatic heterocycles. The van der Waals surface area contributed by atoms with E-state index >= 15 is 0 Å². The zero-order valence-corrected chi connectivity index (χ0v) is 10.8. The lowest BCUT2D eigenvalue weighted by Crippen LogP contribution is -2.40. The summed E-state index contributed by atoms with van der Waals surface area (Å²) < 4.78 is 26.1. The van der Waals surface area contributed by atoms with Crippen LogP contribution in [0.15, 0.2) is 30.5 Å². The van der Waals surface area contributed by atoms with Gasteiger partial charge in [0.25, 0.3) is 5.92 Å². The van der Waals surface area contributed by atoms with Crippen LogP contribution in [0.1, 0.15) is 18.4 Å². The first-order valence-electron chi connectivity index (χ1n) is 6.79. The summed E-state index contributed by atoms with van der Waals surface area (Å²) in [4.78, 5) is 5.39. The van der Waals surface area contributed by atoms with E-state index < -0.39 is 5.92 Å². The van der Waals surface area contributed by atoms with Crippen LogP contribution in [0, 0.1) is 0 Å². The van der Waals surface area contributed by atoms with E-state index in [1.165, 1.54) is 10.9 Å². The first-order valence-corrected chi connectivity index (χ1v) is 6.79. The van der Waals surface area contributed by atoms with Crippen molar-refractivity contribution in [3.05, 3.63) is 36.0 Å². The lowest BCUT2D eigenvalue weighted by molar-refractivity contribution is -0.0547. The van der Waals surface area contributed by atoms with Gasteiger partial charge in [-0.3, -0.25) is 0 Å². The standard InChI is InChI=1S/C15H18F2N2/c16-15(17)6-9-19(10-7-15)8-5-12-11-18-14-4-2-1-3-13(12)14/h1-4,11,18H,5-10H2. The number of rotatable bonds is 3. The van der Waals surface area contributed by atoms with Crippen LogP contribution < -0.4 is 0 Å². The molecule has 1 N–H and O–H groups in total. The van der Waals surface area contributed by atoms with Crippen LogP contribution in [-0.4, -0.2) is 35.4 Å². The summed E-state index contributed by atoms with van der Waals surface area (Å²) in [5, 5.41) is 1.24. The molecule has 1 fully saturated rings. The molecule has 19 heavy (non-hydrogen) atoms. The maximum Gasteiger partial charge on any atom is 0.250 e. The van der Waals surface area contributed by atoms with E-state index in [1.54, 1.807) is 0 Å². The molecule has 0 amide bonds. The van der Waals surface area contributed by atoms with Gasteiger partial charge in [0.15, 0.2) is 0 Å². The monoisotopic (exact) mass is 264 g/mol. The second-order valence-electron chi connectivity index (χ2n) is 5.31. The van der Waals surface area contributed by atoms with Crippen molar-refractivity contribution in [2.24, 2.45) is 0 Å². The number of aromatic amines is 1. The Balaban J connectivity index is 1.61. The Kier molecular flexibility index (Phi) is 3.27. The van der Waals surface area contributed by atoms with Gasteiger partial charge in [0, 0.05) is 49.6 Å². The van der Waals surface area contributed by atoms with Gasteiger partial charge >= 0.3 is 0 Å². The minimum atomic E-state index is -2.45. The minimum absolute atomic E-state index is 0.000878. The molecule has 0 bridgehead atoms. The molecule has 2 nitrogen and oxygen atoms in total. The van der Waals surface area contributed by atoms with E-state index in [0.29, 0.717) is 13.1 Å². The number of aromatic nitrogens is 1. The van der Waals surface area contributed by atoms with E-state index in [4.69, 9.17) is 0 Å². The topological polar surface area (TPSA) is 19.0 Å². The van der Waals surface area contributed by atoms with Gasteiger partial charge in [-0.1, -0.05) is 18.2 Å². The lowest BCUT2D eigenvalue weighted by Gasteiger charge is -2.31. The Morgan fingerprint density at radius 2 is 1.89 bits per heavy atom. The normalized spacial score (nSPS) is 19.9. The van der Waals surface area contributed by atoms with Crippen molar-refractivity contribution in [1.29, 1.82) is 0 Å². The van der Waals surface area contributed by atoms with Crippen molar-refractivity contribution in [1.82, 2.24) is 9.88 Å². The van der Waals surface area contributed by atoms with E-state index in [9.17, 15) is 8.78 Å². The number of H-pyrrole nitrogens is 1. The van der Waals surface area contributed by atoms with E-state index in [0.717, 1.165) is 18.5 Å². The number of hydrogen-bond acceptors (Lipinski definition) is 1. The maximum absolute atomic E-state index is 13.1. The third-order valence-corrected chi connectivity index (χ3v) is 3.96. The number of nitrogens with one attached hydrogen (secondary N) is 1. The fourth-order valence-electron chi connectivity index (χ4n) is 2.72. The molecule has 0 atom stereocenters. The summed E-state index contributed by atoms with van der Waals surface area (Å²) in [6, 6.07) is 8.20. The van der Waals surface area contributed by atoms with Crippen LogP contribution in [0.3, 0.4) is 0 Å². The molecule has 3 rings (SSSR count). The highest BCUT2D eigenvalue weighted by molar-refractivity contribution is 5.83. The van der Waals surface area contributed by atoms with Gasteiger partial charge in [0.05, 0.1) is 0 Å². The Hall–Kier alpha value is -1.42. The van der Waals surface area contributed by atoms with Gasteiger partial charge in [-0.25, -0.2) is 8.78 Å². The molecule has 4 heteroatoms. The Bertz CT molecular complexity index is 552. The largest absolute Gasteiger partial charge is 0.361 e. The Labute approximate surface area is 111 Å². The Morgan fingerprint density at radius 1 is 1.16 bits per heavy atom. The van der Waals surface area contributed by atoms with Crippen LogP contribution in [0.2, 0.25) is 0 Å². The minimum Gasteiger partial charge on any atom is -0.361 e. The molecule has 1 aromatic heterocycles. The second kappa shape index (κ2) is 4.93. The molecule has 0 aliphatic carbocycles. The number of piperidine rings is 1. The number of halogens is 2. The number of benzene rings is 1. The highest BCUT2D eigenvalue weighted by Gasteiger charge is 2.33. The highest BCUT2D eigenvalue weighted by Crippen LogP contribution is 2.28. The van der Waals surface area contributed by atoms with Crippen LogP contribution in [0.5, 0.6) is 0 Å². The molecule has 0 unspecified atom stereocenters. The smallest absolute Gasteiger partial charge is 0.250 e. The number of fused-ring (bicyclic) bond motifs is 1. The molecular formula is C15H18F2N2. The predicted molar refractivity (Wildman–Crippen MR) is 72.6 cm³/mol. The molecule has 2 heterocycles. The van der Waals surface area contributed by atoms with E-state index in [2.05, 4.69) is 22.0 Å². The van der Waals surface area contributed by atoms with Crippen molar-refractivity contribution in [2.75, 3.05) is 19.6 Å². The SMILES string of the molecule is FC1(F)CCN(CCc2c[nH]c3ccccc23)CC1. The molecule has 2 aromatic rings. The molecular weight excluding hydrogens is 246 g/mol. The van der Waals surface area contributed by atoms with Crippen LogP contribution in [-0.2, 0) is 6.42 Å². The number of nitrogens with zero attached hydrogens (tertiary/aromatic N) is 1. The van der Waals surface area contributed by atoms with Gasteiger partial charge in [0.1, 0.15) is 0 Å². The average molecular weight is 264 g/mol. The number of likely N-dealkylation sites (tertiary alicyclic amines) is 1. The summed E-state index contributed by atoms with van der Waals surface area (Å²) >= 11 is 0. The van der Waals surface area contributed by atoms with Gasteiger partial charge < -0.3 is 9.88 Å². The third kappa shape index (κ3) is 2.78. The van der Waals surface area contributed by atoms with Crippen molar-refractivity contribution >= 4 is 10.9 Å². The van der Waals surface area contributed by atoms with Crippen molar-refractivity contribution < 1.29 is 8.78 Å². The van der Waals surface area contributed by atoms with Crippen molar-refractivity contribution in [2.45, 2.75) is 25.2 Å². The summed E-state index contributed by atoms with van der Waals surface area (Å²) in [7, 11) is 0. The summed E-state index contributed by atoms with van der Waals surface area (Å²) in [6.45, 7) is 1.88. The fraction of sp³-hybridized carbons (Fsp3) is 0.467. The predicted octanol–water partition coefficient (Wildman–Crippen LogP) is 3.44. The first kappa shape index (κ1) is 12.6.